The number of rotatable bonds is 2. The van der Waals surface area contributed by atoms with Crippen molar-refractivity contribution in [1.29, 1.82) is 0 Å². The predicted molar refractivity (Wildman–Crippen MR) is 70.9 cm³/mol. The van der Waals surface area contributed by atoms with Gasteiger partial charge in [-0.2, -0.15) is 0 Å². The molecular weight excluding hydrogens is 232 g/mol. The Bertz CT molecular complexity index is 435. The number of hydrogen-bond donors (Lipinski definition) is 0. The highest BCUT2D eigenvalue weighted by Crippen LogP contribution is 2.45. The Hall–Kier alpha value is -0.690. The van der Waals surface area contributed by atoms with E-state index in [1.807, 2.05) is 0 Å². The minimum absolute atomic E-state index is 0.127. The van der Waals surface area contributed by atoms with Gasteiger partial charge in [-0.15, -0.1) is 11.6 Å². The highest BCUT2D eigenvalue weighted by Gasteiger charge is 2.33. The molecule has 0 N–H and O–H groups in total. The lowest BCUT2D eigenvalue weighted by Crippen LogP contribution is -2.19. The van der Waals surface area contributed by atoms with Crippen LogP contribution in [-0.2, 0) is 5.41 Å². The highest BCUT2D eigenvalue weighted by atomic mass is 35.5. The number of hydrogen-bond acceptors (Lipinski definition) is 1. The Morgan fingerprint density at radius 3 is 2.76 bits per heavy atom. The molecule has 92 valence electrons. The summed E-state index contributed by atoms with van der Waals surface area (Å²) in [5.41, 5.74) is 2.72. The van der Waals surface area contributed by atoms with Gasteiger partial charge in [-0.3, -0.25) is 0 Å². The van der Waals surface area contributed by atoms with Crippen LogP contribution in [0.2, 0.25) is 0 Å². The summed E-state index contributed by atoms with van der Waals surface area (Å²) >= 11 is 6.56. The van der Waals surface area contributed by atoms with E-state index in [1.165, 1.54) is 30.4 Å². The van der Waals surface area contributed by atoms with Gasteiger partial charge in [0, 0.05) is 11.0 Å². The topological polar surface area (TPSA) is 9.23 Å². The molecule has 0 radical (unpaired) electrons. The Balaban J connectivity index is 1.92. The average Bonchev–Trinajstić information content (AvgIpc) is 2.52. The van der Waals surface area contributed by atoms with E-state index in [0.29, 0.717) is 5.92 Å². The van der Waals surface area contributed by atoms with E-state index in [-0.39, 0.29) is 10.8 Å². The van der Waals surface area contributed by atoms with Crippen molar-refractivity contribution in [3.05, 3.63) is 29.3 Å². The fourth-order valence-electron chi connectivity index (χ4n) is 2.71. The van der Waals surface area contributed by atoms with Crippen LogP contribution in [-0.4, -0.2) is 6.61 Å². The number of fused-ring (bicyclic) bond motifs is 1. The summed E-state index contributed by atoms with van der Waals surface area (Å²) in [6.45, 7) is 5.24. The standard InChI is InChI=1S/C15H19ClO/c1-15(2)9-17-13-7-6-11(8-12(13)15)14(16)10-4-3-5-10/h6-8,10,14H,3-5,9H2,1-2H3. The Kier molecular flexibility index (Phi) is 2.62. The maximum Gasteiger partial charge on any atom is 0.123 e. The lowest BCUT2D eigenvalue weighted by Gasteiger charge is -2.30. The fourth-order valence-corrected chi connectivity index (χ4v) is 3.10. The Labute approximate surface area is 108 Å². The highest BCUT2D eigenvalue weighted by molar-refractivity contribution is 6.21. The van der Waals surface area contributed by atoms with Gasteiger partial charge in [-0.1, -0.05) is 26.3 Å². The van der Waals surface area contributed by atoms with Gasteiger partial charge in [-0.25, -0.2) is 0 Å². The summed E-state index contributed by atoms with van der Waals surface area (Å²) in [6.07, 6.45) is 3.91. The Morgan fingerprint density at radius 1 is 1.35 bits per heavy atom. The number of alkyl halides is 1. The van der Waals surface area contributed by atoms with Crippen molar-refractivity contribution < 1.29 is 4.74 Å². The van der Waals surface area contributed by atoms with Gasteiger partial charge in [0.15, 0.2) is 0 Å². The van der Waals surface area contributed by atoms with Gasteiger partial charge in [0.25, 0.3) is 0 Å². The summed E-state index contributed by atoms with van der Waals surface area (Å²) in [4.78, 5) is 0. The third-order valence-corrected chi connectivity index (χ3v) is 4.81. The third-order valence-electron chi connectivity index (χ3n) is 4.20. The van der Waals surface area contributed by atoms with E-state index in [2.05, 4.69) is 32.0 Å². The van der Waals surface area contributed by atoms with E-state index in [9.17, 15) is 0 Å². The van der Waals surface area contributed by atoms with Gasteiger partial charge in [-0.05, 0) is 36.5 Å². The maximum absolute atomic E-state index is 6.56. The van der Waals surface area contributed by atoms with Gasteiger partial charge in [0.1, 0.15) is 5.75 Å². The van der Waals surface area contributed by atoms with Gasteiger partial charge < -0.3 is 4.74 Å². The van der Waals surface area contributed by atoms with E-state index < -0.39 is 0 Å². The molecule has 0 saturated heterocycles. The second-order valence-electron chi connectivity index (χ2n) is 6.02. The molecule has 0 bridgehead atoms. The second-order valence-corrected chi connectivity index (χ2v) is 6.49. The summed E-state index contributed by atoms with van der Waals surface area (Å²) in [6, 6.07) is 6.49. The molecule has 1 aliphatic heterocycles. The summed E-state index contributed by atoms with van der Waals surface area (Å²) < 4.78 is 5.71. The molecule has 0 amide bonds. The largest absolute Gasteiger partial charge is 0.492 e. The van der Waals surface area contributed by atoms with Crippen LogP contribution in [0.5, 0.6) is 5.75 Å². The van der Waals surface area contributed by atoms with Crippen LogP contribution in [0.15, 0.2) is 18.2 Å². The summed E-state index contributed by atoms with van der Waals surface area (Å²) in [5.74, 6) is 1.72. The SMILES string of the molecule is CC1(C)COc2ccc(C(Cl)C3CCC3)cc21. The van der Waals surface area contributed by atoms with Gasteiger partial charge in [0.05, 0.1) is 12.0 Å². The van der Waals surface area contributed by atoms with Crippen LogP contribution >= 0.6 is 11.6 Å². The van der Waals surface area contributed by atoms with Crippen molar-refractivity contribution in [3.63, 3.8) is 0 Å². The molecule has 2 heteroatoms. The summed E-state index contributed by atoms with van der Waals surface area (Å²) in [5, 5.41) is 0.186. The van der Waals surface area contributed by atoms with E-state index in [4.69, 9.17) is 16.3 Å². The first-order valence-electron chi connectivity index (χ1n) is 6.49. The molecule has 1 nitrogen and oxygen atoms in total. The van der Waals surface area contributed by atoms with Crippen LogP contribution in [0.3, 0.4) is 0 Å². The molecule has 0 aromatic heterocycles. The van der Waals surface area contributed by atoms with E-state index in [0.717, 1.165) is 12.4 Å². The molecule has 1 heterocycles. The van der Waals surface area contributed by atoms with Crippen LogP contribution < -0.4 is 4.74 Å². The molecule has 0 spiro atoms. The number of benzene rings is 1. The third kappa shape index (κ3) is 1.85. The predicted octanol–water partition coefficient (Wildman–Crippen LogP) is 4.44. The van der Waals surface area contributed by atoms with Crippen molar-refractivity contribution in [1.82, 2.24) is 0 Å². The van der Waals surface area contributed by atoms with Crippen molar-refractivity contribution in [2.24, 2.45) is 5.92 Å². The quantitative estimate of drug-likeness (QED) is 0.706. The first-order chi connectivity index (χ1) is 8.08. The molecule has 1 aromatic rings. The number of halogens is 1. The van der Waals surface area contributed by atoms with Crippen molar-refractivity contribution >= 4 is 11.6 Å². The van der Waals surface area contributed by atoms with E-state index >= 15 is 0 Å². The number of ether oxygens (including phenoxy) is 1. The minimum Gasteiger partial charge on any atom is -0.492 e. The average molecular weight is 251 g/mol. The zero-order chi connectivity index (χ0) is 12.0. The zero-order valence-corrected chi connectivity index (χ0v) is 11.3. The van der Waals surface area contributed by atoms with Crippen LogP contribution in [0, 0.1) is 5.92 Å². The molecule has 1 fully saturated rings. The zero-order valence-electron chi connectivity index (χ0n) is 10.5. The summed E-state index contributed by atoms with van der Waals surface area (Å²) in [7, 11) is 0. The van der Waals surface area contributed by atoms with Crippen LogP contribution in [0.1, 0.15) is 49.6 Å². The van der Waals surface area contributed by atoms with E-state index in [1.54, 1.807) is 0 Å². The monoisotopic (exact) mass is 250 g/mol. The van der Waals surface area contributed by atoms with Gasteiger partial charge in [0.2, 0.25) is 0 Å². The lowest BCUT2D eigenvalue weighted by atomic mass is 9.79. The normalized spacial score (nSPS) is 23.7. The molecule has 1 atom stereocenters. The van der Waals surface area contributed by atoms with Crippen LogP contribution in [0.25, 0.3) is 0 Å². The smallest absolute Gasteiger partial charge is 0.123 e. The minimum atomic E-state index is 0.127. The second kappa shape index (κ2) is 3.91. The molecule has 3 rings (SSSR count). The van der Waals surface area contributed by atoms with Crippen molar-refractivity contribution in [2.45, 2.75) is 43.9 Å². The van der Waals surface area contributed by atoms with Crippen molar-refractivity contribution in [2.75, 3.05) is 6.61 Å². The lowest BCUT2D eigenvalue weighted by molar-refractivity contribution is 0.291. The molecule has 1 saturated carbocycles. The Morgan fingerprint density at radius 2 is 2.12 bits per heavy atom. The molecule has 17 heavy (non-hydrogen) atoms. The van der Waals surface area contributed by atoms with Gasteiger partial charge >= 0.3 is 0 Å². The molecule has 2 aliphatic rings. The molecular formula is C15H19ClO. The molecule has 1 unspecified atom stereocenters. The van der Waals surface area contributed by atoms with Crippen molar-refractivity contribution in [3.8, 4) is 5.75 Å². The van der Waals surface area contributed by atoms with Crippen LogP contribution in [0.4, 0.5) is 0 Å². The molecule has 1 aromatic carbocycles. The maximum atomic E-state index is 6.56. The fraction of sp³-hybridized carbons (Fsp3) is 0.600. The first kappa shape index (κ1) is 11.4. The molecule has 1 aliphatic carbocycles. The first-order valence-corrected chi connectivity index (χ1v) is 6.93.